The Balaban J connectivity index is 1.51. The van der Waals surface area contributed by atoms with E-state index in [0.717, 1.165) is 38.4 Å². The van der Waals surface area contributed by atoms with Crippen molar-refractivity contribution in [2.45, 2.75) is 23.9 Å². The molecule has 1 amide bonds. The Bertz CT molecular complexity index is 1430. The maximum Gasteiger partial charge on any atom is 0.266 e. The molecule has 2 aromatic carbocycles. The molecular formula is C26H24N6O2S. The Labute approximate surface area is 207 Å². The number of hydrogen-bond acceptors (Lipinski definition) is 6. The summed E-state index contributed by atoms with van der Waals surface area (Å²) in [6.07, 6.45) is 3.26. The average molecular weight is 485 g/mol. The second-order valence-corrected chi connectivity index (χ2v) is 8.88. The van der Waals surface area contributed by atoms with Crippen LogP contribution in [0.25, 0.3) is 11.8 Å². The third-order valence-corrected chi connectivity index (χ3v) is 6.52. The molecule has 0 radical (unpaired) electrons. The summed E-state index contributed by atoms with van der Waals surface area (Å²) in [5.41, 5.74) is 4.33. The zero-order chi connectivity index (χ0) is 24.9. The van der Waals surface area contributed by atoms with E-state index in [1.54, 1.807) is 31.6 Å². The van der Waals surface area contributed by atoms with E-state index in [2.05, 4.69) is 20.1 Å². The number of aryl methyl sites for hydroxylation is 2. The third kappa shape index (κ3) is 5.28. The van der Waals surface area contributed by atoms with E-state index in [0.29, 0.717) is 5.69 Å². The summed E-state index contributed by atoms with van der Waals surface area (Å²) in [6.45, 7) is 3.95. The van der Waals surface area contributed by atoms with Crippen LogP contribution in [-0.4, -0.2) is 32.3 Å². The SMILES string of the molecule is COc1ccc(-n2c(C)cc(/C=C(/C#N)C(=O)Nc3ccc(Sc4nncn4C)cc3)c2C)cc1. The van der Waals surface area contributed by atoms with Gasteiger partial charge in [-0.15, -0.1) is 10.2 Å². The second kappa shape index (κ2) is 10.3. The first-order valence-electron chi connectivity index (χ1n) is 10.8. The molecule has 0 unspecified atom stereocenters. The summed E-state index contributed by atoms with van der Waals surface area (Å²) < 4.78 is 9.15. The molecule has 0 spiro atoms. The van der Waals surface area contributed by atoms with Gasteiger partial charge < -0.3 is 19.2 Å². The van der Waals surface area contributed by atoms with Crippen molar-refractivity contribution in [2.75, 3.05) is 12.4 Å². The first kappa shape index (κ1) is 23.9. The zero-order valence-corrected chi connectivity index (χ0v) is 20.6. The van der Waals surface area contributed by atoms with E-state index in [1.807, 2.05) is 74.0 Å². The molecule has 1 N–H and O–H groups in total. The predicted octanol–water partition coefficient (Wildman–Crippen LogP) is 4.93. The quantitative estimate of drug-likeness (QED) is 0.295. The maximum atomic E-state index is 12.8. The minimum absolute atomic E-state index is 0.0255. The number of rotatable bonds is 7. The molecule has 35 heavy (non-hydrogen) atoms. The molecule has 0 atom stereocenters. The first-order valence-corrected chi connectivity index (χ1v) is 11.6. The number of carbonyl (C=O) groups excluding carboxylic acids is 1. The van der Waals surface area contributed by atoms with Gasteiger partial charge in [-0.05, 0) is 91.8 Å². The number of nitrogens with one attached hydrogen (secondary N) is 1. The topological polar surface area (TPSA) is 97.8 Å². The number of carbonyl (C=O) groups is 1. The lowest BCUT2D eigenvalue weighted by Gasteiger charge is -2.10. The van der Waals surface area contributed by atoms with Crippen LogP contribution in [0.15, 0.2) is 76.5 Å². The second-order valence-electron chi connectivity index (χ2n) is 7.83. The number of benzene rings is 2. The molecule has 8 nitrogen and oxygen atoms in total. The molecule has 2 aromatic heterocycles. The Morgan fingerprint density at radius 1 is 1.14 bits per heavy atom. The van der Waals surface area contributed by atoms with Crippen molar-refractivity contribution in [3.8, 4) is 17.5 Å². The van der Waals surface area contributed by atoms with Crippen molar-refractivity contribution in [3.05, 3.63) is 83.4 Å². The van der Waals surface area contributed by atoms with Crippen LogP contribution in [0.2, 0.25) is 0 Å². The Kier molecular flexibility index (Phi) is 7.03. The van der Waals surface area contributed by atoms with Crippen molar-refractivity contribution in [3.63, 3.8) is 0 Å². The number of aromatic nitrogens is 4. The molecule has 0 saturated carbocycles. The van der Waals surface area contributed by atoms with Gasteiger partial charge in [0.1, 0.15) is 23.7 Å². The van der Waals surface area contributed by atoms with Gasteiger partial charge in [0.2, 0.25) is 0 Å². The molecule has 176 valence electrons. The minimum Gasteiger partial charge on any atom is -0.497 e. The van der Waals surface area contributed by atoms with Crippen LogP contribution in [0.5, 0.6) is 5.75 Å². The highest BCUT2D eigenvalue weighted by Gasteiger charge is 2.14. The molecular weight excluding hydrogens is 460 g/mol. The number of nitriles is 1. The molecule has 0 saturated heterocycles. The smallest absolute Gasteiger partial charge is 0.266 e. The predicted molar refractivity (Wildman–Crippen MR) is 136 cm³/mol. The van der Waals surface area contributed by atoms with E-state index in [1.165, 1.54) is 11.8 Å². The largest absolute Gasteiger partial charge is 0.497 e. The molecule has 0 aliphatic rings. The highest BCUT2D eigenvalue weighted by atomic mass is 32.2. The standard InChI is InChI=1S/C26H24N6O2S/c1-17-13-19(18(2)32(17)22-7-9-23(34-4)10-8-22)14-20(15-27)25(33)29-21-5-11-24(12-6-21)35-26-30-28-16-31(26)3/h5-14,16H,1-4H3,(H,29,33)/b20-14-. The summed E-state index contributed by atoms with van der Waals surface area (Å²) in [7, 11) is 3.51. The third-order valence-electron chi connectivity index (χ3n) is 5.46. The van der Waals surface area contributed by atoms with Gasteiger partial charge in [0.05, 0.1) is 7.11 Å². The summed E-state index contributed by atoms with van der Waals surface area (Å²) in [5, 5.41) is 21.2. The minimum atomic E-state index is -0.463. The lowest BCUT2D eigenvalue weighted by Crippen LogP contribution is -2.13. The van der Waals surface area contributed by atoms with Gasteiger partial charge in [-0.3, -0.25) is 4.79 Å². The van der Waals surface area contributed by atoms with Crippen molar-refractivity contribution < 1.29 is 9.53 Å². The van der Waals surface area contributed by atoms with Crippen molar-refractivity contribution in [1.82, 2.24) is 19.3 Å². The van der Waals surface area contributed by atoms with Crippen LogP contribution in [0.4, 0.5) is 5.69 Å². The lowest BCUT2D eigenvalue weighted by molar-refractivity contribution is -0.112. The highest BCUT2D eigenvalue weighted by Crippen LogP contribution is 2.27. The first-order chi connectivity index (χ1) is 16.9. The van der Waals surface area contributed by atoms with Gasteiger partial charge in [-0.2, -0.15) is 5.26 Å². The number of hydrogen-bond donors (Lipinski definition) is 1. The number of ether oxygens (including phenoxy) is 1. The zero-order valence-electron chi connectivity index (χ0n) is 19.8. The number of methoxy groups -OCH3 is 1. The Hall–Kier alpha value is -4.29. The van der Waals surface area contributed by atoms with Crippen molar-refractivity contribution >= 4 is 29.4 Å². The van der Waals surface area contributed by atoms with Crippen LogP contribution in [0.1, 0.15) is 17.0 Å². The van der Waals surface area contributed by atoms with Crippen LogP contribution in [0, 0.1) is 25.2 Å². The van der Waals surface area contributed by atoms with E-state index in [4.69, 9.17) is 4.74 Å². The number of nitrogens with zero attached hydrogens (tertiary/aromatic N) is 5. The monoisotopic (exact) mass is 484 g/mol. The fourth-order valence-corrected chi connectivity index (χ4v) is 4.40. The van der Waals surface area contributed by atoms with E-state index >= 15 is 0 Å². The Morgan fingerprint density at radius 3 is 2.46 bits per heavy atom. The molecule has 0 fully saturated rings. The van der Waals surface area contributed by atoms with Crippen molar-refractivity contribution in [2.24, 2.45) is 7.05 Å². The maximum absolute atomic E-state index is 12.8. The van der Waals surface area contributed by atoms with Crippen LogP contribution in [0.3, 0.4) is 0 Å². The normalized spacial score (nSPS) is 11.2. The molecule has 0 aliphatic heterocycles. The van der Waals surface area contributed by atoms with Crippen LogP contribution < -0.4 is 10.1 Å². The molecule has 0 bridgehead atoms. The average Bonchev–Trinajstić information content (AvgIpc) is 3.39. The van der Waals surface area contributed by atoms with Gasteiger partial charge in [0, 0.05) is 34.7 Å². The van der Waals surface area contributed by atoms with Gasteiger partial charge in [0.15, 0.2) is 5.16 Å². The fourth-order valence-electron chi connectivity index (χ4n) is 3.64. The molecule has 9 heteroatoms. The summed E-state index contributed by atoms with van der Waals surface area (Å²) in [4.78, 5) is 13.8. The van der Waals surface area contributed by atoms with E-state index in [9.17, 15) is 10.1 Å². The Morgan fingerprint density at radius 2 is 1.86 bits per heavy atom. The van der Waals surface area contributed by atoms with Gasteiger partial charge in [-0.1, -0.05) is 0 Å². The molecule has 2 heterocycles. The highest BCUT2D eigenvalue weighted by molar-refractivity contribution is 7.99. The summed E-state index contributed by atoms with van der Waals surface area (Å²) >= 11 is 1.47. The molecule has 4 aromatic rings. The van der Waals surface area contributed by atoms with E-state index in [-0.39, 0.29) is 5.57 Å². The van der Waals surface area contributed by atoms with Gasteiger partial charge in [0.25, 0.3) is 5.91 Å². The van der Waals surface area contributed by atoms with Crippen LogP contribution in [-0.2, 0) is 11.8 Å². The lowest BCUT2D eigenvalue weighted by atomic mass is 10.1. The summed E-state index contributed by atoms with van der Waals surface area (Å²) in [5.74, 6) is 0.315. The van der Waals surface area contributed by atoms with E-state index < -0.39 is 5.91 Å². The van der Waals surface area contributed by atoms with Crippen molar-refractivity contribution in [1.29, 1.82) is 5.26 Å². The number of anilines is 1. The summed E-state index contributed by atoms with van der Waals surface area (Å²) in [6, 6.07) is 19.1. The molecule has 4 rings (SSSR count). The fraction of sp³-hybridized carbons (Fsp3) is 0.154. The van der Waals surface area contributed by atoms with Gasteiger partial charge >= 0.3 is 0 Å². The van der Waals surface area contributed by atoms with Crippen LogP contribution >= 0.6 is 11.8 Å². The molecule has 0 aliphatic carbocycles. The number of amides is 1. The van der Waals surface area contributed by atoms with Gasteiger partial charge in [-0.25, -0.2) is 0 Å².